The first-order valence-electron chi connectivity index (χ1n) is 9.05. The second-order valence-corrected chi connectivity index (χ2v) is 8.89. The lowest BCUT2D eigenvalue weighted by molar-refractivity contribution is -0.0661. The van der Waals surface area contributed by atoms with E-state index in [2.05, 4.69) is 52.1 Å². The highest BCUT2D eigenvalue weighted by Gasteiger charge is 2.53. The van der Waals surface area contributed by atoms with E-state index in [4.69, 9.17) is 21.9 Å². The van der Waals surface area contributed by atoms with Crippen LogP contribution in [0.4, 0.5) is 11.4 Å². The summed E-state index contributed by atoms with van der Waals surface area (Å²) in [5.41, 5.74) is 1.46. The predicted octanol–water partition coefficient (Wildman–Crippen LogP) is 5.39. The molecule has 1 unspecified atom stereocenters. The molecule has 0 aliphatic carbocycles. The van der Waals surface area contributed by atoms with Gasteiger partial charge in [-0.25, -0.2) is 4.99 Å². The zero-order chi connectivity index (χ0) is 19.1. The molecular formula is C21H22BrN3OS. The molecule has 27 heavy (non-hydrogen) atoms. The fourth-order valence-corrected chi connectivity index (χ4v) is 4.66. The Morgan fingerprint density at radius 2 is 1.81 bits per heavy atom. The standard InChI is InChI=1S/C21H22BrN3OS/c1-20(2)14-21(12-13-26-20)18(23-16-6-4-3-5-7-16)24-19(27)25(21)17-10-8-15(22)9-11-17/h3-11H,12-14H2,1-2H3,(H,23,24,27). The van der Waals surface area contributed by atoms with E-state index in [1.54, 1.807) is 0 Å². The summed E-state index contributed by atoms with van der Waals surface area (Å²) in [5, 5.41) is 4.13. The number of anilines is 2. The van der Waals surface area contributed by atoms with Gasteiger partial charge in [-0.1, -0.05) is 34.1 Å². The van der Waals surface area contributed by atoms with Crippen molar-refractivity contribution in [3.63, 3.8) is 0 Å². The van der Waals surface area contributed by atoms with Crippen molar-refractivity contribution in [3.8, 4) is 0 Å². The number of hydrogen-bond donors (Lipinski definition) is 1. The first-order valence-corrected chi connectivity index (χ1v) is 10.2. The summed E-state index contributed by atoms with van der Waals surface area (Å²) in [6, 6.07) is 18.4. The first-order chi connectivity index (χ1) is 12.9. The van der Waals surface area contributed by atoms with Crippen LogP contribution in [0.15, 0.2) is 64.1 Å². The van der Waals surface area contributed by atoms with Crippen LogP contribution in [0.3, 0.4) is 0 Å². The molecule has 2 aromatic carbocycles. The molecule has 4 nitrogen and oxygen atoms in total. The molecule has 0 saturated carbocycles. The maximum atomic E-state index is 6.03. The van der Waals surface area contributed by atoms with Crippen LogP contribution >= 0.6 is 28.1 Å². The second kappa shape index (κ2) is 7.00. The molecule has 2 aliphatic heterocycles. The summed E-state index contributed by atoms with van der Waals surface area (Å²) in [4.78, 5) is 7.00. The highest BCUT2D eigenvalue weighted by Crippen LogP contribution is 2.43. The zero-order valence-electron chi connectivity index (χ0n) is 15.4. The Morgan fingerprint density at radius 1 is 1.11 bits per heavy atom. The highest BCUT2D eigenvalue weighted by molar-refractivity contribution is 9.10. The average molecular weight is 444 g/mol. The lowest BCUT2D eigenvalue weighted by atomic mass is 9.79. The Kier molecular flexibility index (Phi) is 4.82. The van der Waals surface area contributed by atoms with E-state index in [1.807, 2.05) is 42.5 Å². The molecule has 2 aromatic rings. The molecule has 1 atom stereocenters. The van der Waals surface area contributed by atoms with Crippen LogP contribution in [0.25, 0.3) is 0 Å². The van der Waals surface area contributed by atoms with Gasteiger partial charge in [0.1, 0.15) is 11.4 Å². The van der Waals surface area contributed by atoms with Crippen LogP contribution in [0.1, 0.15) is 26.7 Å². The van der Waals surface area contributed by atoms with Crippen molar-refractivity contribution in [1.82, 2.24) is 0 Å². The number of nitrogens with zero attached hydrogens (tertiary/aromatic N) is 2. The van der Waals surface area contributed by atoms with Crippen LogP contribution in [0, 0.1) is 0 Å². The number of aliphatic imine (C=N–C) groups is 1. The maximum absolute atomic E-state index is 6.03. The van der Waals surface area contributed by atoms with Gasteiger partial charge in [-0.2, -0.15) is 0 Å². The number of para-hydroxylation sites is 1. The fourth-order valence-electron chi connectivity index (χ4n) is 4.02. The topological polar surface area (TPSA) is 36.9 Å². The Balaban J connectivity index is 1.77. The van der Waals surface area contributed by atoms with E-state index >= 15 is 0 Å². The molecule has 6 heteroatoms. The Morgan fingerprint density at radius 3 is 2.48 bits per heavy atom. The molecule has 2 heterocycles. The molecular weight excluding hydrogens is 422 g/mol. The summed E-state index contributed by atoms with van der Waals surface area (Å²) in [5.74, 6) is 0.901. The number of benzene rings is 2. The van der Waals surface area contributed by atoms with Gasteiger partial charge in [-0.05, 0) is 62.5 Å². The Hall–Kier alpha value is -1.76. The van der Waals surface area contributed by atoms with E-state index in [0.29, 0.717) is 11.7 Å². The molecule has 0 aromatic heterocycles. The SMILES string of the molecule is CC1(C)CC2(CCO1)C(Nc1ccccc1)=NC(=S)N2c1ccc(Br)cc1. The van der Waals surface area contributed by atoms with Crippen molar-refractivity contribution in [1.29, 1.82) is 0 Å². The average Bonchev–Trinajstić information content (AvgIpc) is 2.86. The number of rotatable bonds is 2. The first kappa shape index (κ1) is 18.6. The lowest BCUT2D eigenvalue weighted by Gasteiger charge is -2.48. The van der Waals surface area contributed by atoms with Gasteiger partial charge in [0.15, 0.2) is 0 Å². The highest BCUT2D eigenvalue weighted by atomic mass is 79.9. The van der Waals surface area contributed by atoms with Crippen molar-refractivity contribution in [2.75, 3.05) is 16.8 Å². The minimum absolute atomic E-state index is 0.259. The van der Waals surface area contributed by atoms with Crippen molar-refractivity contribution in [2.45, 2.75) is 37.8 Å². The molecule has 1 fully saturated rings. The summed E-state index contributed by atoms with van der Waals surface area (Å²) in [6.45, 7) is 4.93. The smallest absolute Gasteiger partial charge is 0.202 e. The van der Waals surface area contributed by atoms with E-state index in [-0.39, 0.29) is 11.1 Å². The molecule has 0 radical (unpaired) electrons. The quantitative estimate of drug-likeness (QED) is 0.630. The van der Waals surface area contributed by atoms with E-state index in [1.165, 1.54) is 0 Å². The third-order valence-electron chi connectivity index (χ3n) is 5.12. The van der Waals surface area contributed by atoms with Crippen LogP contribution in [-0.2, 0) is 4.74 Å². The molecule has 4 rings (SSSR count). The Bertz CT molecular complexity index is 882. The van der Waals surface area contributed by atoms with Gasteiger partial charge in [0.05, 0.1) is 5.60 Å². The van der Waals surface area contributed by atoms with Crippen molar-refractivity contribution in [3.05, 3.63) is 59.1 Å². The van der Waals surface area contributed by atoms with Gasteiger partial charge in [0.2, 0.25) is 5.11 Å². The minimum atomic E-state index is -0.345. The molecule has 140 valence electrons. The van der Waals surface area contributed by atoms with Gasteiger partial charge < -0.3 is 15.0 Å². The normalized spacial score (nSPS) is 24.2. The number of thiocarbonyl (C=S) groups is 1. The van der Waals surface area contributed by atoms with Gasteiger partial charge in [0, 0.05) is 35.3 Å². The molecule has 0 bridgehead atoms. The summed E-state index contributed by atoms with van der Waals surface area (Å²) >= 11 is 9.24. The number of nitrogens with one attached hydrogen (secondary N) is 1. The number of hydrogen-bond acceptors (Lipinski definition) is 3. The number of ether oxygens (including phenoxy) is 1. The second-order valence-electron chi connectivity index (χ2n) is 7.61. The molecule has 1 N–H and O–H groups in total. The van der Waals surface area contributed by atoms with Gasteiger partial charge in [0.25, 0.3) is 0 Å². The fraction of sp³-hybridized carbons (Fsp3) is 0.333. The predicted molar refractivity (Wildman–Crippen MR) is 119 cm³/mol. The monoisotopic (exact) mass is 443 g/mol. The van der Waals surface area contributed by atoms with Crippen molar-refractivity contribution in [2.24, 2.45) is 4.99 Å². The van der Waals surface area contributed by atoms with E-state index in [9.17, 15) is 0 Å². The summed E-state index contributed by atoms with van der Waals surface area (Å²) < 4.78 is 7.07. The maximum Gasteiger partial charge on any atom is 0.202 e. The van der Waals surface area contributed by atoms with Gasteiger partial charge in [-0.15, -0.1) is 0 Å². The summed E-state index contributed by atoms with van der Waals surface area (Å²) in [6.07, 6.45) is 1.63. The largest absolute Gasteiger partial charge is 0.375 e. The van der Waals surface area contributed by atoms with Gasteiger partial charge in [-0.3, -0.25) is 0 Å². The van der Waals surface area contributed by atoms with E-state index < -0.39 is 0 Å². The lowest BCUT2D eigenvalue weighted by Crippen LogP contribution is -2.60. The minimum Gasteiger partial charge on any atom is -0.375 e. The Labute approximate surface area is 173 Å². The molecule has 1 saturated heterocycles. The number of amidine groups is 1. The van der Waals surface area contributed by atoms with Crippen molar-refractivity contribution >= 4 is 50.5 Å². The third kappa shape index (κ3) is 3.53. The van der Waals surface area contributed by atoms with Crippen LogP contribution in [-0.4, -0.2) is 28.7 Å². The summed E-state index contributed by atoms with van der Waals surface area (Å²) in [7, 11) is 0. The molecule has 1 spiro atoms. The van der Waals surface area contributed by atoms with Gasteiger partial charge >= 0.3 is 0 Å². The van der Waals surface area contributed by atoms with Crippen LogP contribution < -0.4 is 10.2 Å². The third-order valence-corrected chi connectivity index (χ3v) is 5.92. The number of halogens is 1. The zero-order valence-corrected chi connectivity index (χ0v) is 17.8. The molecule has 0 amide bonds. The molecule has 2 aliphatic rings. The van der Waals surface area contributed by atoms with E-state index in [0.717, 1.165) is 34.5 Å². The van der Waals surface area contributed by atoms with Crippen LogP contribution in [0.5, 0.6) is 0 Å². The van der Waals surface area contributed by atoms with Crippen LogP contribution in [0.2, 0.25) is 0 Å². The van der Waals surface area contributed by atoms with Crippen molar-refractivity contribution < 1.29 is 4.74 Å².